The molecule has 0 aliphatic rings. The molecule has 9 heteroatoms. The van der Waals surface area contributed by atoms with Crippen LogP contribution in [0.5, 0.6) is 0 Å². The molecule has 0 aliphatic carbocycles. The molecular formula is C25H29N8O+. The highest BCUT2D eigenvalue weighted by molar-refractivity contribution is 5.90. The quantitative estimate of drug-likeness (QED) is 0.354. The van der Waals surface area contributed by atoms with Crippen molar-refractivity contribution in [3.8, 4) is 0 Å². The number of amides is 1. The molecule has 1 aromatic carbocycles. The lowest BCUT2D eigenvalue weighted by molar-refractivity contribution is -0.366. The first-order chi connectivity index (χ1) is 16.7. The van der Waals surface area contributed by atoms with Gasteiger partial charge in [0.15, 0.2) is 0 Å². The molecule has 34 heavy (non-hydrogen) atoms. The van der Waals surface area contributed by atoms with Crippen molar-refractivity contribution >= 4 is 11.6 Å². The van der Waals surface area contributed by atoms with Crippen LogP contribution in [0.2, 0.25) is 0 Å². The summed E-state index contributed by atoms with van der Waals surface area (Å²) in [5.41, 5.74) is 8.53. The number of carbonyl (C=O) groups is 1. The zero-order valence-electron chi connectivity index (χ0n) is 19.0. The Balaban J connectivity index is 1.37. The monoisotopic (exact) mass is 457 g/mol. The van der Waals surface area contributed by atoms with Crippen LogP contribution in [0.15, 0.2) is 79.3 Å². The van der Waals surface area contributed by atoms with Crippen LogP contribution in [-0.4, -0.2) is 42.3 Å². The summed E-state index contributed by atoms with van der Waals surface area (Å²) < 4.78 is 1.56. The summed E-state index contributed by atoms with van der Waals surface area (Å²) in [6.45, 7) is 2.79. The second-order valence-electron chi connectivity index (χ2n) is 8.04. The Hall–Kier alpha value is -3.95. The van der Waals surface area contributed by atoms with Gasteiger partial charge in [-0.2, -0.15) is 0 Å². The highest BCUT2D eigenvalue weighted by Crippen LogP contribution is 2.12. The topological polar surface area (TPSA) is 116 Å². The molecule has 174 valence electrons. The number of pyridine rings is 2. The average molecular weight is 458 g/mol. The first kappa shape index (κ1) is 23.2. The van der Waals surface area contributed by atoms with E-state index in [1.54, 1.807) is 23.3 Å². The molecule has 4 rings (SSSR count). The summed E-state index contributed by atoms with van der Waals surface area (Å²) in [5.74, 6) is -0.153. The summed E-state index contributed by atoms with van der Waals surface area (Å²) in [6, 6.07) is 19.6. The molecule has 0 aliphatic heterocycles. The van der Waals surface area contributed by atoms with Crippen LogP contribution in [0.3, 0.4) is 0 Å². The van der Waals surface area contributed by atoms with E-state index in [-0.39, 0.29) is 12.5 Å². The summed E-state index contributed by atoms with van der Waals surface area (Å²) in [7, 11) is 0. The van der Waals surface area contributed by atoms with Crippen LogP contribution in [0.25, 0.3) is 0 Å². The average Bonchev–Trinajstić information content (AvgIpc) is 3.28. The Kier molecular flexibility index (Phi) is 8.04. The van der Waals surface area contributed by atoms with Crippen molar-refractivity contribution in [2.45, 2.75) is 32.6 Å². The fraction of sp³-hybridized carbons (Fsp3) is 0.240. The van der Waals surface area contributed by atoms with Gasteiger partial charge in [0.05, 0.1) is 29.8 Å². The minimum atomic E-state index is -0.153. The Morgan fingerprint density at radius 3 is 2.12 bits per heavy atom. The molecule has 1 amide bonds. The van der Waals surface area contributed by atoms with E-state index >= 15 is 0 Å². The van der Waals surface area contributed by atoms with Gasteiger partial charge in [0.2, 0.25) is 5.91 Å². The Labute approximate surface area is 198 Å². The van der Waals surface area contributed by atoms with Gasteiger partial charge in [-0.1, -0.05) is 29.5 Å². The van der Waals surface area contributed by atoms with Gasteiger partial charge in [-0.3, -0.25) is 19.7 Å². The molecule has 0 atom stereocenters. The zero-order chi connectivity index (χ0) is 23.6. The van der Waals surface area contributed by atoms with Crippen molar-refractivity contribution in [2.24, 2.45) is 0 Å². The van der Waals surface area contributed by atoms with Crippen LogP contribution in [0, 0.1) is 0 Å². The lowest BCUT2D eigenvalue weighted by Crippen LogP contribution is -2.51. The van der Waals surface area contributed by atoms with E-state index in [1.165, 1.54) is 5.56 Å². The van der Waals surface area contributed by atoms with E-state index in [9.17, 15) is 4.79 Å². The van der Waals surface area contributed by atoms with Crippen molar-refractivity contribution in [3.63, 3.8) is 0 Å². The summed E-state index contributed by atoms with van der Waals surface area (Å²) in [5, 5.41) is 11.3. The zero-order valence-corrected chi connectivity index (χ0v) is 19.0. The maximum absolute atomic E-state index is 12.5. The number of carbonyl (C=O) groups excluding carboxylic acids is 1. The Morgan fingerprint density at radius 1 is 0.882 bits per heavy atom. The van der Waals surface area contributed by atoms with Crippen molar-refractivity contribution in [1.29, 1.82) is 0 Å². The molecule has 0 unspecified atom stereocenters. The molecule has 0 fully saturated rings. The number of quaternary nitrogens is 1. The molecule has 3 heterocycles. The standard InChI is InChI=1S/C25H28N8O/c26-12-11-20-7-9-21(10-8-20)29-25(34)19-33-18-24(30-31-33)17-32(15-22-5-1-3-13-27-22)16-23-6-2-4-14-28-23/h1-10,13-14,18H,11-12,15-17,19,26H2,(H,29,34)/p+1. The number of anilines is 1. The predicted octanol–water partition coefficient (Wildman–Crippen LogP) is 1.69. The minimum absolute atomic E-state index is 0.0914. The first-order valence-electron chi connectivity index (χ1n) is 11.3. The lowest BCUT2D eigenvalue weighted by atomic mass is 10.1. The molecule has 4 N–H and O–H groups in total. The van der Waals surface area contributed by atoms with E-state index in [1.807, 2.05) is 60.7 Å². The van der Waals surface area contributed by atoms with E-state index in [2.05, 4.69) is 36.2 Å². The van der Waals surface area contributed by atoms with Crippen LogP contribution in [0.4, 0.5) is 5.69 Å². The largest absolute Gasteiger partial charge is 0.357 e. The fourth-order valence-electron chi connectivity index (χ4n) is 3.63. The lowest BCUT2D eigenvalue weighted by Gasteiger charge is -2.20. The second-order valence-corrected chi connectivity index (χ2v) is 8.04. The highest BCUT2D eigenvalue weighted by atomic mass is 16.2. The number of benzene rings is 1. The first-order valence-corrected chi connectivity index (χ1v) is 11.3. The third-order valence-corrected chi connectivity index (χ3v) is 5.20. The third-order valence-electron chi connectivity index (χ3n) is 5.20. The maximum atomic E-state index is 12.5. The van der Waals surface area contributed by atoms with Crippen LogP contribution >= 0.6 is 0 Å². The number of hydrogen-bond acceptors (Lipinski definition) is 6. The maximum Gasteiger partial charge on any atom is 0.246 e. The van der Waals surface area contributed by atoms with Gasteiger partial charge in [0.1, 0.15) is 6.54 Å². The Morgan fingerprint density at radius 2 is 1.53 bits per heavy atom. The predicted molar refractivity (Wildman–Crippen MR) is 128 cm³/mol. The smallest absolute Gasteiger partial charge is 0.246 e. The molecule has 0 bridgehead atoms. The van der Waals surface area contributed by atoms with Crippen molar-refractivity contribution in [1.82, 2.24) is 29.9 Å². The van der Waals surface area contributed by atoms with Gasteiger partial charge in [-0.05, 0) is 42.0 Å². The third kappa shape index (κ3) is 7.03. The molecule has 3 aromatic heterocycles. The van der Waals surface area contributed by atoms with E-state index < -0.39 is 0 Å². The van der Waals surface area contributed by atoms with Crippen molar-refractivity contribution < 1.29 is 10.5 Å². The van der Waals surface area contributed by atoms with Crippen LogP contribution < -0.4 is 11.1 Å². The SMILES string of the molecule is [NH3+]CCc1ccc(NC(=O)Cn2cc(CN(Cc3ccccn3)Cc3ccccn3)nn2)cc1. The van der Waals surface area contributed by atoms with Gasteiger partial charge < -0.3 is 11.1 Å². The summed E-state index contributed by atoms with van der Waals surface area (Å²) in [6.07, 6.45) is 6.31. The fourth-order valence-corrected chi connectivity index (χ4v) is 3.63. The normalized spacial score (nSPS) is 11.0. The van der Waals surface area contributed by atoms with E-state index in [0.717, 1.165) is 35.7 Å². The van der Waals surface area contributed by atoms with Gasteiger partial charge in [-0.25, -0.2) is 4.68 Å². The molecule has 4 aromatic rings. The molecule has 0 radical (unpaired) electrons. The van der Waals surface area contributed by atoms with Crippen LogP contribution in [-0.2, 0) is 37.4 Å². The van der Waals surface area contributed by atoms with Crippen LogP contribution in [0.1, 0.15) is 22.6 Å². The molecular weight excluding hydrogens is 428 g/mol. The van der Waals surface area contributed by atoms with Crippen molar-refractivity contribution in [2.75, 3.05) is 11.9 Å². The summed E-state index contributed by atoms with van der Waals surface area (Å²) >= 11 is 0. The minimum Gasteiger partial charge on any atom is -0.357 e. The number of hydrogen-bond donors (Lipinski definition) is 2. The Bertz CT molecular complexity index is 1120. The number of nitrogens with one attached hydrogen (secondary N) is 1. The number of aromatic nitrogens is 5. The molecule has 0 spiro atoms. The van der Waals surface area contributed by atoms with E-state index in [0.29, 0.717) is 19.6 Å². The highest BCUT2D eigenvalue weighted by Gasteiger charge is 2.13. The van der Waals surface area contributed by atoms with Gasteiger partial charge in [0.25, 0.3) is 0 Å². The summed E-state index contributed by atoms with van der Waals surface area (Å²) in [4.78, 5) is 23.6. The van der Waals surface area contributed by atoms with Gasteiger partial charge in [-0.15, -0.1) is 5.10 Å². The number of rotatable bonds is 11. The molecule has 0 saturated heterocycles. The van der Waals surface area contributed by atoms with Gasteiger partial charge >= 0.3 is 0 Å². The molecule has 9 nitrogen and oxygen atoms in total. The van der Waals surface area contributed by atoms with Gasteiger partial charge in [0, 0.05) is 44.1 Å². The number of nitrogens with zero attached hydrogens (tertiary/aromatic N) is 6. The second kappa shape index (κ2) is 11.8. The van der Waals surface area contributed by atoms with Crippen molar-refractivity contribution in [3.05, 3.63) is 102 Å². The van der Waals surface area contributed by atoms with E-state index in [4.69, 9.17) is 0 Å². The molecule has 0 saturated carbocycles.